The highest BCUT2D eigenvalue weighted by atomic mass is 32.1. The normalized spacial score (nSPS) is 12.6. The molecule has 17 heavy (non-hydrogen) atoms. The molecule has 3 N–H and O–H groups in total. The number of nitrogens with two attached hydrogens (primary N) is 1. The number of hydrazine groups is 1. The van der Waals surface area contributed by atoms with E-state index in [9.17, 15) is 0 Å². The lowest BCUT2D eigenvalue weighted by Crippen LogP contribution is -2.29. The summed E-state index contributed by atoms with van der Waals surface area (Å²) in [7, 11) is 0. The first kappa shape index (κ1) is 12.2. The zero-order valence-corrected chi connectivity index (χ0v) is 10.9. The molecular weight excluding hydrogens is 230 g/mol. The summed E-state index contributed by atoms with van der Waals surface area (Å²) in [5.74, 6) is 5.61. The van der Waals surface area contributed by atoms with E-state index in [2.05, 4.69) is 47.0 Å². The average Bonchev–Trinajstić information content (AvgIpc) is 2.75. The van der Waals surface area contributed by atoms with Gasteiger partial charge in [-0.2, -0.15) is 0 Å². The van der Waals surface area contributed by atoms with Crippen LogP contribution in [0.25, 0.3) is 0 Å². The molecule has 0 amide bonds. The second-order valence-corrected chi connectivity index (χ2v) is 5.26. The minimum Gasteiger partial charge on any atom is -0.271 e. The van der Waals surface area contributed by atoms with Crippen molar-refractivity contribution in [2.45, 2.75) is 26.3 Å². The second kappa shape index (κ2) is 5.40. The molecule has 0 saturated carbocycles. The molecule has 2 rings (SSSR count). The highest BCUT2D eigenvalue weighted by molar-refractivity contribution is 7.09. The zero-order valence-electron chi connectivity index (χ0n) is 10.1. The summed E-state index contributed by atoms with van der Waals surface area (Å²) in [6.07, 6.45) is 0.861. The van der Waals surface area contributed by atoms with E-state index in [-0.39, 0.29) is 6.04 Å². The summed E-state index contributed by atoms with van der Waals surface area (Å²) in [6, 6.07) is 8.60. The minimum atomic E-state index is 0.0858. The Bertz CT molecular complexity index is 476. The predicted octanol–water partition coefficient (Wildman–Crippen LogP) is 2.51. The van der Waals surface area contributed by atoms with Crippen LogP contribution in [0.2, 0.25) is 0 Å². The number of nitrogens with one attached hydrogen (secondary N) is 1. The zero-order chi connectivity index (χ0) is 12.3. The van der Waals surface area contributed by atoms with Gasteiger partial charge in [-0.1, -0.05) is 29.8 Å². The number of benzene rings is 1. The Balaban J connectivity index is 2.12. The largest absolute Gasteiger partial charge is 0.271 e. The van der Waals surface area contributed by atoms with E-state index in [4.69, 9.17) is 5.84 Å². The van der Waals surface area contributed by atoms with Crippen LogP contribution in [-0.4, -0.2) is 4.98 Å². The number of aryl methyl sites for hydroxylation is 2. The van der Waals surface area contributed by atoms with E-state index >= 15 is 0 Å². The van der Waals surface area contributed by atoms with Crippen molar-refractivity contribution < 1.29 is 0 Å². The van der Waals surface area contributed by atoms with Gasteiger partial charge in [-0.15, -0.1) is 11.3 Å². The van der Waals surface area contributed by atoms with E-state index in [0.717, 1.165) is 17.1 Å². The Morgan fingerprint density at radius 2 is 2.00 bits per heavy atom. The summed E-state index contributed by atoms with van der Waals surface area (Å²) in [5, 5.41) is 3.14. The number of hydrogen-bond acceptors (Lipinski definition) is 4. The molecule has 0 bridgehead atoms. The maximum Gasteiger partial charge on any atom is 0.0898 e. The second-order valence-electron chi connectivity index (χ2n) is 4.20. The van der Waals surface area contributed by atoms with Gasteiger partial charge in [-0.25, -0.2) is 4.98 Å². The fraction of sp³-hybridized carbons (Fsp3) is 0.308. The Morgan fingerprint density at radius 3 is 2.53 bits per heavy atom. The quantitative estimate of drug-likeness (QED) is 0.644. The van der Waals surface area contributed by atoms with Crippen LogP contribution in [0.5, 0.6) is 0 Å². The van der Waals surface area contributed by atoms with Gasteiger partial charge < -0.3 is 0 Å². The van der Waals surface area contributed by atoms with Gasteiger partial charge in [-0.05, 0) is 25.8 Å². The topological polar surface area (TPSA) is 50.9 Å². The summed E-state index contributed by atoms with van der Waals surface area (Å²) < 4.78 is 0. The Labute approximate surface area is 106 Å². The molecule has 0 aliphatic rings. The molecule has 1 heterocycles. The van der Waals surface area contributed by atoms with Crippen LogP contribution >= 0.6 is 11.3 Å². The Hall–Kier alpha value is -1.23. The first-order chi connectivity index (χ1) is 8.19. The molecule has 1 unspecified atom stereocenters. The van der Waals surface area contributed by atoms with E-state index in [1.165, 1.54) is 11.1 Å². The van der Waals surface area contributed by atoms with Gasteiger partial charge in [0.25, 0.3) is 0 Å². The molecule has 0 radical (unpaired) electrons. The van der Waals surface area contributed by atoms with Gasteiger partial charge in [-0.3, -0.25) is 11.3 Å². The van der Waals surface area contributed by atoms with Crippen molar-refractivity contribution >= 4 is 11.3 Å². The standard InChI is InChI=1S/C13H17N3S/c1-9-3-5-11(6-4-9)7-12(16-14)13-8-17-10(2)15-13/h3-6,8,12,16H,7,14H2,1-2H3. The smallest absolute Gasteiger partial charge is 0.0898 e. The van der Waals surface area contributed by atoms with Crippen molar-refractivity contribution in [1.29, 1.82) is 0 Å². The number of nitrogens with zero attached hydrogens (tertiary/aromatic N) is 1. The summed E-state index contributed by atoms with van der Waals surface area (Å²) in [6.45, 7) is 4.10. The van der Waals surface area contributed by atoms with E-state index in [0.29, 0.717) is 0 Å². The summed E-state index contributed by atoms with van der Waals surface area (Å²) in [4.78, 5) is 4.47. The van der Waals surface area contributed by atoms with Crippen LogP contribution in [0, 0.1) is 13.8 Å². The van der Waals surface area contributed by atoms with E-state index < -0.39 is 0 Å². The van der Waals surface area contributed by atoms with Crippen LogP contribution in [-0.2, 0) is 6.42 Å². The molecule has 2 aromatic rings. The number of hydrogen-bond donors (Lipinski definition) is 2. The maximum atomic E-state index is 5.61. The Kier molecular flexibility index (Phi) is 3.89. The highest BCUT2D eigenvalue weighted by Crippen LogP contribution is 2.20. The number of rotatable bonds is 4. The molecule has 90 valence electrons. The molecule has 0 fully saturated rings. The van der Waals surface area contributed by atoms with Gasteiger partial charge in [0.05, 0.1) is 16.7 Å². The van der Waals surface area contributed by atoms with Crippen molar-refractivity contribution in [1.82, 2.24) is 10.4 Å². The van der Waals surface area contributed by atoms with Gasteiger partial charge >= 0.3 is 0 Å². The molecule has 1 aromatic carbocycles. The molecule has 1 atom stereocenters. The lowest BCUT2D eigenvalue weighted by Gasteiger charge is -2.13. The molecule has 1 aromatic heterocycles. The van der Waals surface area contributed by atoms with E-state index in [1.807, 2.05) is 6.92 Å². The van der Waals surface area contributed by atoms with Crippen LogP contribution in [0.4, 0.5) is 0 Å². The van der Waals surface area contributed by atoms with Crippen molar-refractivity contribution in [2.75, 3.05) is 0 Å². The van der Waals surface area contributed by atoms with Gasteiger partial charge in [0.15, 0.2) is 0 Å². The summed E-state index contributed by atoms with van der Waals surface area (Å²) in [5.41, 5.74) is 6.40. The minimum absolute atomic E-state index is 0.0858. The molecular formula is C13H17N3S. The third kappa shape index (κ3) is 3.12. The molecule has 3 nitrogen and oxygen atoms in total. The predicted molar refractivity (Wildman–Crippen MR) is 71.8 cm³/mol. The SMILES string of the molecule is Cc1ccc(CC(NN)c2csc(C)n2)cc1. The number of thiazole rings is 1. The van der Waals surface area contributed by atoms with Gasteiger partial charge in [0.2, 0.25) is 0 Å². The molecule has 0 spiro atoms. The van der Waals surface area contributed by atoms with E-state index in [1.54, 1.807) is 11.3 Å². The first-order valence-corrected chi connectivity index (χ1v) is 6.50. The molecule has 0 aliphatic heterocycles. The molecule has 4 heteroatoms. The van der Waals surface area contributed by atoms with Gasteiger partial charge in [0.1, 0.15) is 0 Å². The third-order valence-electron chi connectivity index (χ3n) is 2.76. The maximum absolute atomic E-state index is 5.61. The van der Waals surface area contributed by atoms with Crippen molar-refractivity contribution in [2.24, 2.45) is 5.84 Å². The lowest BCUT2D eigenvalue weighted by molar-refractivity contribution is 0.540. The van der Waals surface area contributed by atoms with Crippen LogP contribution < -0.4 is 11.3 Å². The van der Waals surface area contributed by atoms with Crippen LogP contribution in [0.3, 0.4) is 0 Å². The Morgan fingerprint density at radius 1 is 1.29 bits per heavy atom. The molecule has 0 aliphatic carbocycles. The fourth-order valence-electron chi connectivity index (χ4n) is 1.75. The van der Waals surface area contributed by atoms with Crippen molar-refractivity contribution in [3.8, 4) is 0 Å². The highest BCUT2D eigenvalue weighted by Gasteiger charge is 2.13. The van der Waals surface area contributed by atoms with Gasteiger partial charge in [0, 0.05) is 5.38 Å². The monoisotopic (exact) mass is 247 g/mol. The van der Waals surface area contributed by atoms with Crippen molar-refractivity contribution in [3.05, 3.63) is 51.5 Å². The fourth-order valence-corrected chi connectivity index (χ4v) is 2.42. The lowest BCUT2D eigenvalue weighted by atomic mass is 10.0. The van der Waals surface area contributed by atoms with Crippen LogP contribution in [0.1, 0.15) is 27.9 Å². The molecule has 0 saturated heterocycles. The van der Waals surface area contributed by atoms with Crippen LogP contribution in [0.15, 0.2) is 29.6 Å². The first-order valence-electron chi connectivity index (χ1n) is 5.62. The van der Waals surface area contributed by atoms with Crippen molar-refractivity contribution in [3.63, 3.8) is 0 Å². The number of aromatic nitrogens is 1. The summed E-state index contributed by atoms with van der Waals surface area (Å²) >= 11 is 1.65. The third-order valence-corrected chi connectivity index (χ3v) is 3.55. The average molecular weight is 247 g/mol.